The highest BCUT2D eigenvalue weighted by Gasteiger charge is 2.42. The third-order valence-electron chi connectivity index (χ3n) is 8.68. The topological polar surface area (TPSA) is 116 Å². The Kier molecular flexibility index (Phi) is 11.8. The third kappa shape index (κ3) is 9.29. The van der Waals surface area contributed by atoms with Crippen LogP contribution < -0.4 is 15.1 Å². The fourth-order valence-electron chi connectivity index (χ4n) is 5.93. The number of Topliss-reactive ketones (excluding diaryl/α,β-unsaturated/α-hetero) is 1. The molecule has 0 saturated heterocycles. The minimum atomic E-state index is -0.726. The van der Waals surface area contributed by atoms with Gasteiger partial charge >= 0.3 is 18.0 Å². The summed E-state index contributed by atoms with van der Waals surface area (Å²) in [6, 6.07) is 22.1. The normalized spacial score (nSPS) is 15.7. The van der Waals surface area contributed by atoms with E-state index in [2.05, 4.69) is 5.32 Å². The summed E-state index contributed by atoms with van der Waals surface area (Å²) in [6.45, 7) is 4.78. The molecule has 1 fully saturated rings. The van der Waals surface area contributed by atoms with Crippen LogP contribution >= 0.6 is 11.8 Å². The van der Waals surface area contributed by atoms with Gasteiger partial charge in [-0.25, -0.2) is 14.5 Å². The Balaban J connectivity index is 1.33. The van der Waals surface area contributed by atoms with Gasteiger partial charge in [0.1, 0.15) is 13.2 Å². The van der Waals surface area contributed by atoms with Gasteiger partial charge in [0.25, 0.3) is 0 Å². The molecule has 0 radical (unpaired) electrons. The molecule has 0 aromatic heterocycles. The van der Waals surface area contributed by atoms with Crippen molar-refractivity contribution in [3.63, 3.8) is 0 Å². The van der Waals surface area contributed by atoms with Crippen LogP contribution in [0.25, 0.3) is 0 Å². The van der Waals surface area contributed by atoms with E-state index in [9.17, 15) is 24.0 Å². The monoisotopic (exact) mass is 684 g/mol. The summed E-state index contributed by atoms with van der Waals surface area (Å²) in [4.78, 5) is 72.5. The maximum absolute atomic E-state index is 14.4. The average Bonchev–Trinajstić information content (AvgIpc) is 3.40. The van der Waals surface area contributed by atoms with E-state index in [1.807, 2.05) is 48.5 Å². The highest BCUT2D eigenvalue weighted by Crippen LogP contribution is 2.38. The highest BCUT2D eigenvalue weighted by atomic mass is 32.2. The summed E-state index contributed by atoms with van der Waals surface area (Å²) >= 11 is 1.27. The number of nitrogens with one attached hydrogen (secondary N) is 1. The molecule has 0 atom stereocenters. The molecule has 0 unspecified atom stereocenters. The van der Waals surface area contributed by atoms with Crippen LogP contribution in [0.3, 0.4) is 0 Å². The molecule has 3 aromatic carbocycles. The van der Waals surface area contributed by atoms with Gasteiger partial charge in [0, 0.05) is 22.0 Å². The number of carbonyl (C=O) groups is 5. The number of fused-ring (bicyclic) bond motifs is 1. The number of esters is 1. The molecule has 5 amide bonds. The number of anilines is 3. The zero-order chi connectivity index (χ0) is 35.0. The van der Waals surface area contributed by atoms with Gasteiger partial charge in [-0.05, 0) is 48.7 Å². The second kappa shape index (κ2) is 16.2. The molecule has 1 saturated carbocycles. The molecule has 3 aromatic rings. The summed E-state index contributed by atoms with van der Waals surface area (Å²) in [5.41, 5.74) is 1.65. The fraction of sp³-hybridized carbons (Fsp3) is 0.395. The Morgan fingerprint density at radius 2 is 1.47 bits per heavy atom. The number of hydrogen-bond donors (Lipinski definition) is 1. The van der Waals surface area contributed by atoms with E-state index in [1.54, 1.807) is 56.0 Å². The molecule has 0 spiro atoms. The zero-order valence-corrected chi connectivity index (χ0v) is 29.2. The number of amides is 5. The number of para-hydroxylation sites is 2. The summed E-state index contributed by atoms with van der Waals surface area (Å²) in [5.74, 6) is -1.02. The van der Waals surface area contributed by atoms with Crippen LogP contribution in [0.5, 0.6) is 0 Å². The standard InChI is InChI=1S/C38H44N4O6S/c1-38(2,3)33(43)23-40-31-20-11-12-21-32(31)42(29-17-9-4-5-10-18-29)37(47)41(36(40)46)24-34(44)39-28-16-13-19-30(22-28)49-26-35(45)48-25-27-14-7-6-8-15-27/h6-8,11-16,19-22,29H,4-5,9-10,17-18,23-26H2,1-3H3,(H,39,44). The first-order valence-corrected chi connectivity index (χ1v) is 17.8. The number of carbonyl (C=O) groups excluding carboxylic acids is 5. The average molecular weight is 685 g/mol. The van der Waals surface area contributed by atoms with Gasteiger partial charge in [-0.2, -0.15) is 0 Å². The molecule has 1 N–H and O–H groups in total. The van der Waals surface area contributed by atoms with Crippen molar-refractivity contribution in [1.29, 1.82) is 0 Å². The molecular formula is C38H44N4O6S. The number of thioether (sulfide) groups is 1. The number of nitrogens with zero attached hydrogens (tertiary/aromatic N) is 3. The number of benzene rings is 3. The van der Waals surface area contributed by atoms with Crippen LogP contribution in [0, 0.1) is 5.41 Å². The first-order chi connectivity index (χ1) is 23.5. The minimum Gasteiger partial charge on any atom is -0.460 e. The van der Waals surface area contributed by atoms with Crippen LogP contribution in [0.2, 0.25) is 0 Å². The molecule has 11 heteroatoms. The number of urea groups is 2. The van der Waals surface area contributed by atoms with Gasteiger partial charge in [0.15, 0.2) is 5.78 Å². The van der Waals surface area contributed by atoms with Crippen LogP contribution in [0.1, 0.15) is 64.9 Å². The number of rotatable bonds is 11. The summed E-state index contributed by atoms with van der Waals surface area (Å²) in [6.07, 6.45) is 5.61. The van der Waals surface area contributed by atoms with E-state index < -0.39 is 29.9 Å². The largest absolute Gasteiger partial charge is 0.460 e. The Morgan fingerprint density at radius 1 is 0.796 bits per heavy atom. The Bertz CT molecular complexity index is 1670. The molecule has 1 aliphatic heterocycles. The summed E-state index contributed by atoms with van der Waals surface area (Å²) in [5, 5.41) is 2.81. The molecule has 10 nitrogen and oxygen atoms in total. The lowest BCUT2D eigenvalue weighted by Crippen LogP contribution is -2.54. The first kappa shape index (κ1) is 35.7. The van der Waals surface area contributed by atoms with Crippen molar-refractivity contribution in [3.8, 4) is 0 Å². The SMILES string of the molecule is CC(C)(C)C(=O)CN1C(=O)N(CC(=O)Nc2cccc(SCC(=O)OCc3ccccc3)c2)C(=O)N(C2CCCCCC2)c2ccccc21. The molecule has 258 valence electrons. The Morgan fingerprint density at radius 3 is 2.16 bits per heavy atom. The smallest absolute Gasteiger partial charge is 0.333 e. The minimum absolute atomic E-state index is 0.0850. The van der Waals surface area contributed by atoms with E-state index in [4.69, 9.17) is 4.74 Å². The number of hydrogen-bond acceptors (Lipinski definition) is 7. The van der Waals surface area contributed by atoms with E-state index in [1.165, 1.54) is 16.7 Å². The highest BCUT2D eigenvalue weighted by molar-refractivity contribution is 8.00. The molecule has 0 bridgehead atoms. The van der Waals surface area contributed by atoms with Crippen molar-refractivity contribution < 1.29 is 28.7 Å². The van der Waals surface area contributed by atoms with Gasteiger partial charge in [0.05, 0.1) is 23.7 Å². The van der Waals surface area contributed by atoms with Gasteiger partial charge in [-0.3, -0.25) is 24.2 Å². The van der Waals surface area contributed by atoms with Crippen molar-refractivity contribution in [2.24, 2.45) is 5.41 Å². The molecule has 49 heavy (non-hydrogen) atoms. The summed E-state index contributed by atoms with van der Waals surface area (Å²) < 4.78 is 5.37. The summed E-state index contributed by atoms with van der Waals surface area (Å²) in [7, 11) is 0. The van der Waals surface area contributed by atoms with Crippen molar-refractivity contribution in [3.05, 3.63) is 84.4 Å². The molecule has 5 rings (SSSR count). The lowest BCUT2D eigenvalue weighted by Gasteiger charge is -2.33. The fourth-order valence-corrected chi connectivity index (χ4v) is 6.68. The van der Waals surface area contributed by atoms with E-state index in [-0.39, 0.29) is 36.7 Å². The van der Waals surface area contributed by atoms with Crippen LogP contribution in [-0.2, 0) is 25.7 Å². The van der Waals surface area contributed by atoms with Gasteiger partial charge in [-0.15, -0.1) is 11.8 Å². The van der Waals surface area contributed by atoms with Gasteiger partial charge < -0.3 is 10.1 Å². The maximum Gasteiger partial charge on any atom is 0.333 e. The van der Waals surface area contributed by atoms with Crippen LogP contribution in [-0.4, -0.2) is 59.5 Å². The lowest BCUT2D eigenvalue weighted by molar-refractivity contribution is -0.141. The number of imide groups is 1. The van der Waals surface area contributed by atoms with Crippen LogP contribution in [0.15, 0.2) is 83.8 Å². The first-order valence-electron chi connectivity index (χ1n) is 16.8. The second-order valence-electron chi connectivity index (χ2n) is 13.4. The lowest BCUT2D eigenvalue weighted by atomic mass is 9.90. The molecule has 2 aliphatic rings. The quantitative estimate of drug-likeness (QED) is 0.125. The number of ether oxygens (including phenoxy) is 1. The zero-order valence-electron chi connectivity index (χ0n) is 28.4. The van der Waals surface area contributed by atoms with Gasteiger partial charge in [0.2, 0.25) is 5.91 Å². The Labute approximate surface area is 292 Å². The molecule has 1 heterocycles. The second-order valence-corrected chi connectivity index (χ2v) is 14.5. The molecule has 1 aliphatic carbocycles. The van der Waals surface area contributed by atoms with E-state index >= 15 is 0 Å². The van der Waals surface area contributed by atoms with E-state index in [0.717, 1.165) is 53.9 Å². The van der Waals surface area contributed by atoms with Crippen LogP contribution in [0.4, 0.5) is 26.7 Å². The van der Waals surface area contributed by atoms with Crippen molar-refractivity contribution in [2.75, 3.05) is 34.0 Å². The third-order valence-corrected chi connectivity index (χ3v) is 9.65. The predicted molar refractivity (Wildman–Crippen MR) is 192 cm³/mol. The van der Waals surface area contributed by atoms with Crippen molar-refractivity contribution >= 4 is 58.5 Å². The predicted octanol–water partition coefficient (Wildman–Crippen LogP) is 7.67. The Hall–Kier alpha value is -4.64. The maximum atomic E-state index is 14.4. The van der Waals surface area contributed by atoms with Gasteiger partial charge in [-0.1, -0.05) is 95.0 Å². The molecular weight excluding hydrogens is 641 g/mol. The van der Waals surface area contributed by atoms with Crippen molar-refractivity contribution in [1.82, 2.24) is 4.90 Å². The van der Waals surface area contributed by atoms with Crippen molar-refractivity contribution in [2.45, 2.75) is 76.8 Å². The number of ketones is 1. The van der Waals surface area contributed by atoms with E-state index in [0.29, 0.717) is 17.1 Å².